The molecule has 0 spiro atoms. The van der Waals surface area contributed by atoms with Gasteiger partial charge in [-0.25, -0.2) is 4.39 Å². The Morgan fingerprint density at radius 2 is 2.33 bits per heavy atom. The van der Waals surface area contributed by atoms with Crippen molar-refractivity contribution in [3.05, 3.63) is 35.6 Å². The van der Waals surface area contributed by atoms with E-state index in [1.54, 1.807) is 6.07 Å². The lowest BCUT2D eigenvalue weighted by atomic mass is 9.91. The molecule has 0 aromatic heterocycles. The highest BCUT2D eigenvalue weighted by atomic mass is 19.1. The highest BCUT2D eigenvalue weighted by Gasteiger charge is 2.29. The molecule has 2 atom stereocenters. The van der Waals surface area contributed by atoms with E-state index < -0.39 is 5.97 Å². The first kappa shape index (κ1) is 13.0. The first-order chi connectivity index (χ1) is 8.56. The van der Waals surface area contributed by atoms with E-state index in [0.717, 1.165) is 12.1 Å². The summed E-state index contributed by atoms with van der Waals surface area (Å²) in [5, 5.41) is 9.00. The quantitative estimate of drug-likeness (QED) is 0.897. The third-order valence-electron chi connectivity index (χ3n) is 3.64. The third kappa shape index (κ3) is 3.07. The van der Waals surface area contributed by atoms with Crippen molar-refractivity contribution in [1.29, 1.82) is 0 Å². The van der Waals surface area contributed by atoms with Crippen LogP contribution in [-0.4, -0.2) is 28.6 Å². The van der Waals surface area contributed by atoms with Crippen LogP contribution in [-0.2, 0) is 11.3 Å². The molecule has 2 unspecified atom stereocenters. The fraction of sp³-hybridized carbons (Fsp3) is 0.500. The molecule has 1 N–H and O–H groups in total. The smallest absolute Gasteiger partial charge is 0.306 e. The van der Waals surface area contributed by atoms with Crippen LogP contribution in [0.4, 0.5) is 4.39 Å². The van der Waals surface area contributed by atoms with E-state index in [0.29, 0.717) is 19.4 Å². The lowest BCUT2D eigenvalue weighted by Gasteiger charge is -2.36. The average molecular weight is 251 g/mol. The number of nitrogens with zero attached hydrogens (tertiary/aromatic N) is 1. The zero-order valence-corrected chi connectivity index (χ0v) is 10.5. The minimum Gasteiger partial charge on any atom is -0.481 e. The third-order valence-corrected chi connectivity index (χ3v) is 3.64. The summed E-state index contributed by atoms with van der Waals surface area (Å²) in [7, 11) is 0. The largest absolute Gasteiger partial charge is 0.481 e. The van der Waals surface area contributed by atoms with Crippen molar-refractivity contribution in [2.45, 2.75) is 32.4 Å². The van der Waals surface area contributed by atoms with Gasteiger partial charge in [-0.15, -0.1) is 0 Å². The Labute approximate surface area is 106 Å². The maximum atomic E-state index is 13.1. The minimum absolute atomic E-state index is 0.222. The van der Waals surface area contributed by atoms with Gasteiger partial charge in [0.05, 0.1) is 5.92 Å². The standard InChI is InChI=1S/C14H18FNO2/c1-10-7-12(14(17)18)5-6-16(10)9-11-3-2-4-13(15)8-11/h2-4,8,10,12H,5-7,9H2,1H3,(H,17,18). The zero-order chi connectivity index (χ0) is 13.1. The molecule has 98 valence electrons. The Morgan fingerprint density at radius 1 is 1.56 bits per heavy atom. The van der Waals surface area contributed by atoms with Crippen LogP contribution in [0.25, 0.3) is 0 Å². The number of halogens is 1. The van der Waals surface area contributed by atoms with Gasteiger partial charge in [0.2, 0.25) is 0 Å². The number of carboxylic acids is 1. The summed E-state index contributed by atoms with van der Waals surface area (Å²) in [6.45, 7) is 3.48. The number of rotatable bonds is 3. The first-order valence-electron chi connectivity index (χ1n) is 6.27. The molecule has 1 saturated heterocycles. The van der Waals surface area contributed by atoms with Gasteiger partial charge in [-0.1, -0.05) is 12.1 Å². The summed E-state index contributed by atoms with van der Waals surface area (Å²) in [6.07, 6.45) is 1.35. The molecule has 1 aromatic carbocycles. The number of likely N-dealkylation sites (tertiary alicyclic amines) is 1. The van der Waals surface area contributed by atoms with E-state index in [1.807, 2.05) is 13.0 Å². The molecule has 2 rings (SSSR count). The summed E-state index contributed by atoms with van der Waals surface area (Å²) in [5.74, 6) is -1.16. The van der Waals surface area contributed by atoms with Gasteiger partial charge < -0.3 is 5.11 Å². The molecular weight excluding hydrogens is 233 g/mol. The van der Waals surface area contributed by atoms with Crippen molar-refractivity contribution in [2.24, 2.45) is 5.92 Å². The number of carbonyl (C=O) groups is 1. The molecule has 0 amide bonds. The summed E-state index contributed by atoms with van der Waals surface area (Å²) >= 11 is 0. The molecule has 4 heteroatoms. The van der Waals surface area contributed by atoms with E-state index in [9.17, 15) is 9.18 Å². The van der Waals surface area contributed by atoms with Crippen LogP contribution in [0.1, 0.15) is 25.3 Å². The van der Waals surface area contributed by atoms with Crippen LogP contribution in [0.3, 0.4) is 0 Å². The summed E-state index contributed by atoms with van der Waals surface area (Å²) < 4.78 is 13.1. The van der Waals surface area contributed by atoms with Crippen molar-refractivity contribution >= 4 is 5.97 Å². The van der Waals surface area contributed by atoms with Crippen LogP contribution in [0.5, 0.6) is 0 Å². The van der Waals surface area contributed by atoms with E-state index in [2.05, 4.69) is 4.90 Å². The van der Waals surface area contributed by atoms with Crippen molar-refractivity contribution in [2.75, 3.05) is 6.54 Å². The second-order valence-corrected chi connectivity index (χ2v) is 5.01. The molecule has 0 radical (unpaired) electrons. The minimum atomic E-state index is -0.702. The molecule has 0 saturated carbocycles. The van der Waals surface area contributed by atoms with Crippen LogP contribution < -0.4 is 0 Å². The predicted molar refractivity (Wildman–Crippen MR) is 66.6 cm³/mol. The number of benzene rings is 1. The van der Waals surface area contributed by atoms with E-state index in [4.69, 9.17) is 5.11 Å². The number of piperidine rings is 1. The van der Waals surface area contributed by atoms with Crippen molar-refractivity contribution < 1.29 is 14.3 Å². The molecule has 1 aliphatic rings. The van der Waals surface area contributed by atoms with Crippen molar-refractivity contribution in [1.82, 2.24) is 4.90 Å². The van der Waals surface area contributed by atoms with Gasteiger partial charge in [-0.2, -0.15) is 0 Å². The van der Waals surface area contributed by atoms with E-state index >= 15 is 0 Å². The maximum Gasteiger partial charge on any atom is 0.306 e. The van der Waals surface area contributed by atoms with Gasteiger partial charge in [0.1, 0.15) is 5.82 Å². The molecule has 1 heterocycles. The van der Waals surface area contributed by atoms with E-state index in [-0.39, 0.29) is 17.8 Å². The topological polar surface area (TPSA) is 40.5 Å². The van der Waals surface area contributed by atoms with Crippen LogP contribution in [0.15, 0.2) is 24.3 Å². The first-order valence-corrected chi connectivity index (χ1v) is 6.27. The summed E-state index contributed by atoms with van der Waals surface area (Å²) in [4.78, 5) is 13.2. The highest BCUT2D eigenvalue weighted by molar-refractivity contribution is 5.70. The Hall–Kier alpha value is -1.42. The average Bonchev–Trinajstić information content (AvgIpc) is 2.31. The van der Waals surface area contributed by atoms with Crippen LogP contribution >= 0.6 is 0 Å². The SMILES string of the molecule is CC1CC(C(=O)O)CCN1Cc1cccc(F)c1. The fourth-order valence-electron chi connectivity index (χ4n) is 2.55. The molecule has 0 aliphatic carbocycles. The van der Waals surface area contributed by atoms with Crippen molar-refractivity contribution in [3.8, 4) is 0 Å². The Bertz CT molecular complexity index is 436. The molecule has 1 aromatic rings. The second kappa shape index (κ2) is 5.48. The maximum absolute atomic E-state index is 13.1. The summed E-state index contributed by atoms with van der Waals surface area (Å²) in [5.41, 5.74) is 0.940. The molecule has 3 nitrogen and oxygen atoms in total. The predicted octanol–water partition coefficient (Wildman–Crippen LogP) is 2.51. The van der Waals surface area contributed by atoms with Crippen LogP contribution in [0.2, 0.25) is 0 Å². The van der Waals surface area contributed by atoms with Crippen molar-refractivity contribution in [3.63, 3.8) is 0 Å². The monoisotopic (exact) mass is 251 g/mol. The van der Waals surface area contributed by atoms with Gasteiger partial charge in [-0.3, -0.25) is 9.69 Å². The van der Waals surface area contributed by atoms with Gasteiger partial charge >= 0.3 is 5.97 Å². The Kier molecular flexibility index (Phi) is 3.97. The molecule has 1 fully saturated rings. The number of carboxylic acid groups (broad SMARTS) is 1. The van der Waals surface area contributed by atoms with Gasteiger partial charge in [-0.05, 0) is 44.0 Å². The summed E-state index contributed by atoms with van der Waals surface area (Å²) in [6, 6.07) is 6.81. The Balaban J connectivity index is 1.97. The lowest BCUT2D eigenvalue weighted by molar-refractivity contribution is -0.144. The second-order valence-electron chi connectivity index (χ2n) is 5.01. The highest BCUT2D eigenvalue weighted by Crippen LogP contribution is 2.24. The normalized spacial score (nSPS) is 25.0. The van der Waals surface area contributed by atoms with Crippen LogP contribution in [0, 0.1) is 11.7 Å². The zero-order valence-electron chi connectivity index (χ0n) is 10.5. The number of hydrogen-bond acceptors (Lipinski definition) is 2. The van der Waals surface area contributed by atoms with Gasteiger partial charge in [0.25, 0.3) is 0 Å². The lowest BCUT2D eigenvalue weighted by Crippen LogP contribution is -2.42. The molecule has 1 aliphatic heterocycles. The number of aliphatic carboxylic acids is 1. The molecule has 0 bridgehead atoms. The number of hydrogen-bond donors (Lipinski definition) is 1. The van der Waals surface area contributed by atoms with Gasteiger partial charge in [0.15, 0.2) is 0 Å². The fourth-order valence-corrected chi connectivity index (χ4v) is 2.55. The molecular formula is C14H18FNO2. The van der Waals surface area contributed by atoms with Gasteiger partial charge in [0, 0.05) is 12.6 Å². The van der Waals surface area contributed by atoms with E-state index in [1.165, 1.54) is 12.1 Å². The Morgan fingerprint density at radius 3 is 2.94 bits per heavy atom. The molecule has 18 heavy (non-hydrogen) atoms.